The Morgan fingerprint density at radius 1 is 1.00 bits per heavy atom. The van der Waals surface area contributed by atoms with Crippen molar-refractivity contribution in [3.63, 3.8) is 0 Å². The van der Waals surface area contributed by atoms with E-state index in [-0.39, 0.29) is 23.8 Å². The van der Waals surface area contributed by atoms with Gasteiger partial charge in [0, 0.05) is 0 Å². The third-order valence-electron chi connectivity index (χ3n) is 4.81. The highest BCUT2D eigenvalue weighted by atomic mass is 32.2. The molecule has 0 saturated heterocycles. The molecule has 162 valence electrons. The first-order valence-electron chi connectivity index (χ1n) is 10.2. The van der Waals surface area contributed by atoms with Crippen molar-refractivity contribution >= 4 is 28.6 Å². The van der Waals surface area contributed by atoms with E-state index in [1.807, 2.05) is 74.5 Å². The summed E-state index contributed by atoms with van der Waals surface area (Å²) < 4.78 is 1.57. The number of nitrogens with one attached hydrogen (secondary N) is 1. The molecule has 32 heavy (non-hydrogen) atoms. The summed E-state index contributed by atoms with van der Waals surface area (Å²) in [6.45, 7) is 4.25. The molecule has 3 aromatic carbocycles. The molecule has 0 aliphatic rings. The maximum Gasteiger partial charge on any atom is 0.266 e. The molecule has 0 spiro atoms. The molecule has 0 radical (unpaired) electrons. The number of carbonyl (C=O) groups is 1. The van der Waals surface area contributed by atoms with Crippen LogP contribution in [-0.4, -0.2) is 21.2 Å². The Morgan fingerprint density at radius 2 is 1.69 bits per heavy atom. The van der Waals surface area contributed by atoms with Gasteiger partial charge in [-0.3, -0.25) is 19.0 Å². The number of hydrogen-bond acceptors (Lipinski definition) is 5. The first-order valence-corrected chi connectivity index (χ1v) is 11.2. The number of benzene rings is 3. The number of thioether (sulfide) groups is 1. The summed E-state index contributed by atoms with van der Waals surface area (Å²) in [5.74, 6) is -0.245. The van der Waals surface area contributed by atoms with Gasteiger partial charge in [0.2, 0.25) is 0 Å². The number of hydrogen-bond donors (Lipinski definition) is 1. The fraction of sp³-hybridized carbons (Fsp3) is 0.160. The van der Waals surface area contributed by atoms with Crippen molar-refractivity contribution in [2.24, 2.45) is 0 Å². The van der Waals surface area contributed by atoms with E-state index in [0.717, 1.165) is 22.4 Å². The van der Waals surface area contributed by atoms with Crippen LogP contribution < -0.4 is 11.0 Å². The van der Waals surface area contributed by atoms with Crippen LogP contribution in [0.15, 0.2) is 82.7 Å². The molecule has 0 bridgehead atoms. The summed E-state index contributed by atoms with van der Waals surface area (Å²) in [6.07, 6.45) is 0. The van der Waals surface area contributed by atoms with Crippen molar-refractivity contribution in [2.75, 3.05) is 5.75 Å². The van der Waals surface area contributed by atoms with Gasteiger partial charge >= 0.3 is 0 Å². The van der Waals surface area contributed by atoms with Crippen molar-refractivity contribution in [2.45, 2.75) is 25.6 Å². The molecule has 1 N–H and O–H groups in total. The van der Waals surface area contributed by atoms with E-state index in [0.29, 0.717) is 16.1 Å². The van der Waals surface area contributed by atoms with Gasteiger partial charge in [0.05, 0.1) is 29.0 Å². The smallest absolute Gasteiger partial charge is 0.266 e. The summed E-state index contributed by atoms with van der Waals surface area (Å²) >= 11 is 1.20. The summed E-state index contributed by atoms with van der Waals surface area (Å²) in [7, 11) is 0. The van der Waals surface area contributed by atoms with Crippen molar-refractivity contribution in [1.82, 2.24) is 15.0 Å². The Kier molecular flexibility index (Phi) is 6.68. The third-order valence-corrected chi connectivity index (χ3v) is 5.75. The van der Waals surface area contributed by atoms with Gasteiger partial charge < -0.3 is 0 Å². The average Bonchev–Trinajstić information content (AvgIpc) is 2.78. The van der Waals surface area contributed by atoms with Crippen LogP contribution >= 0.6 is 11.8 Å². The molecule has 4 rings (SSSR count). The Labute approximate surface area is 190 Å². The van der Waals surface area contributed by atoms with E-state index in [1.54, 1.807) is 16.7 Å². The van der Waals surface area contributed by atoms with Gasteiger partial charge in [-0.25, -0.2) is 10.5 Å². The fourth-order valence-electron chi connectivity index (χ4n) is 3.45. The molecule has 0 saturated carbocycles. The van der Waals surface area contributed by atoms with Gasteiger partial charge in [-0.2, -0.15) is 0 Å². The van der Waals surface area contributed by atoms with Crippen LogP contribution in [-0.2, 0) is 16.2 Å². The standard InChI is InChI=1S/C25H23N3O3S/c1-17-12-18(2)14-20(13-17)28-24(30)21-10-6-7-11-22(21)26-25(28)32-16-23(29)27-31-15-19-8-4-3-5-9-19/h3-14H,15-16H2,1-2H3,(H,27,29). The minimum Gasteiger partial charge on any atom is -0.272 e. The summed E-state index contributed by atoms with van der Waals surface area (Å²) in [4.78, 5) is 35.7. The number of aryl methyl sites for hydroxylation is 2. The van der Waals surface area contributed by atoms with Crippen LogP contribution in [0, 0.1) is 13.8 Å². The molecular formula is C25H23N3O3S. The lowest BCUT2D eigenvalue weighted by Gasteiger charge is -2.14. The number of para-hydroxylation sites is 1. The highest BCUT2D eigenvalue weighted by Gasteiger charge is 2.15. The molecule has 0 unspecified atom stereocenters. The zero-order valence-electron chi connectivity index (χ0n) is 17.9. The van der Waals surface area contributed by atoms with E-state index >= 15 is 0 Å². The lowest BCUT2D eigenvalue weighted by atomic mass is 10.1. The van der Waals surface area contributed by atoms with Gasteiger partial charge in [0.15, 0.2) is 5.16 Å². The normalized spacial score (nSPS) is 10.9. The third kappa shape index (κ3) is 5.07. The highest BCUT2D eigenvalue weighted by Crippen LogP contribution is 2.22. The minimum atomic E-state index is -0.305. The van der Waals surface area contributed by atoms with E-state index < -0.39 is 0 Å². The average molecular weight is 446 g/mol. The van der Waals surface area contributed by atoms with Crippen molar-refractivity contribution in [1.29, 1.82) is 0 Å². The molecular weight excluding hydrogens is 422 g/mol. The molecule has 1 heterocycles. The summed E-state index contributed by atoms with van der Waals surface area (Å²) in [5, 5.41) is 0.989. The van der Waals surface area contributed by atoms with Crippen LogP contribution in [0.3, 0.4) is 0 Å². The number of hydroxylamine groups is 1. The zero-order valence-corrected chi connectivity index (χ0v) is 18.7. The van der Waals surface area contributed by atoms with Gasteiger partial charge in [-0.1, -0.05) is 60.3 Å². The first-order chi connectivity index (χ1) is 15.5. The topological polar surface area (TPSA) is 73.2 Å². The first kappa shape index (κ1) is 21.8. The van der Waals surface area contributed by atoms with Crippen LogP contribution in [0.1, 0.15) is 16.7 Å². The quantitative estimate of drug-likeness (QED) is 0.260. The molecule has 6 nitrogen and oxygen atoms in total. The van der Waals surface area contributed by atoms with Crippen LogP contribution in [0.4, 0.5) is 0 Å². The second-order valence-electron chi connectivity index (χ2n) is 7.49. The summed E-state index contributed by atoms with van der Waals surface area (Å²) in [6, 6.07) is 22.7. The monoisotopic (exact) mass is 445 g/mol. The Bertz CT molecular complexity index is 1300. The Morgan fingerprint density at radius 3 is 2.44 bits per heavy atom. The number of aromatic nitrogens is 2. The van der Waals surface area contributed by atoms with Gasteiger partial charge in [0.1, 0.15) is 0 Å². The Hall–Kier alpha value is -3.42. The molecule has 0 aliphatic heterocycles. The Balaban J connectivity index is 1.57. The minimum absolute atomic E-state index is 0.0599. The molecule has 4 aromatic rings. The number of amides is 1. The van der Waals surface area contributed by atoms with E-state index in [9.17, 15) is 9.59 Å². The van der Waals surface area contributed by atoms with Gasteiger partial charge in [-0.05, 0) is 54.8 Å². The molecule has 1 amide bonds. The largest absolute Gasteiger partial charge is 0.272 e. The molecule has 0 fully saturated rings. The SMILES string of the molecule is Cc1cc(C)cc(-n2c(SCC(=O)NOCc3ccccc3)nc3ccccc3c2=O)c1. The van der Waals surface area contributed by atoms with E-state index in [1.165, 1.54) is 11.8 Å². The van der Waals surface area contributed by atoms with E-state index in [2.05, 4.69) is 10.5 Å². The number of fused-ring (bicyclic) bond motifs is 1. The summed E-state index contributed by atoms with van der Waals surface area (Å²) in [5.41, 5.74) is 6.67. The maximum absolute atomic E-state index is 13.3. The van der Waals surface area contributed by atoms with Crippen molar-refractivity contribution in [3.8, 4) is 5.69 Å². The van der Waals surface area contributed by atoms with Gasteiger partial charge in [0.25, 0.3) is 11.5 Å². The van der Waals surface area contributed by atoms with Crippen molar-refractivity contribution < 1.29 is 9.63 Å². The number of carbonyl (C=O) groups excluding carboxylic acids is 1. The van der Waals surface area contributed by atoms with Crippen molar-refractivity contribution in [3.05, 3.63) is 99.8 Å². The molecule has 0 aliphatic carbocycles. The number of rotatable bonds is 7. The highest BCUT2D eigenvalue weighted by molar-refractivity contribution is 7.99. The number of nitrogens with zero attached hydrogens (tertiary/aromatic N) is 2. The van der Waals surface area contributed by atoms with Gasteiger partial charge in [-0.15, -0.1) is 0 Å². The van der Waals surface area contributed by atoms with Crippen LogP contribution in [0.25, 0.3) is 16.6 Å². The van der Waals surface area contributed by atoms with E-state index in [4.69, 9.17) is 4.84 Å². The second-order valence-corrected chi connectivity index (χ2v) is 8.43. The predicted octanol–water partition coefficient (Wildman–Crippen LogP) is 4.34. The second kappa shape index (κ2) is 9.80. The molecule has 0 atom stereocenters. The lowest BCUT2D eigenvalue weighted by Crippen LogP contribution is -2.26. The predicted molar refractivity (Wildman–Crippen MR) is 127 cm³/mol. The molecule has 7 heteroatoms. The maximum atomic E-state index is 13.3. The lowest BCUT2D eigenvalue weighted by molar-refractivity contribution is -0.131. The van der Waals surface area contributed by atoms with Crippen LogP contribution in [0.5, 0.6) is 0 Å². The molecule has 1 aromatic heterocycles. The zero-order chi connectivity index (χ0) is 22.5. The fourth-order valence-corrected chi connectivity index (χ4v) is 4.25. The van der Waals surface area contributed by atoms with Crippen LogP contribution in [0.2, 0.25) is 0 Å².